The average molecular weight is 289 g/mol. The third kappa shape index (κ3) is 3.49. The quantitative estimate of drug-likeness (QED) is 0.473. The van der Waals surface area contributed by atoms with Gasteiger partial charge in [0.25, 0.3) is 0 Å². The van der Waals surface area contributed by atoms with Crippen LogP contribution >= 0.6 is 23.2 Å². The Balaban J connectivity index is 3.05. The molecule has 0 saturated carbocycles. The molecule has 0 aliphatic heterocycles. The largest absolute Gasteiger partial charge is 0.383 e. The maximum absolute atomic E-state index is 13.1. The van der Waals surface area contributed by atoms with Crippen LogP contribution in [0.25, 0.3) is 0 Å². The highest BCUT2D eigenvalue weighted by molar-refractivity contribution is 6.31. The first-order chi connectivity index (χ1) is 7.91. The third-order valence-corrected chi connectivity index (χ3v) is 2.62. The minimum Gasteiger partial charge on any atom is -0.383 e. The third-order valence-electron chi connectivity index (χ3n) is 2.11. The Kier molecular flexibility index (Phi) is 5.08. The molecule has 0 radical (unpaired) electrons. The molecule has 5 nitrogen and oxygen atoms in total. The van der Waals surface area contributed by atoms with Crippen LogP contribution in [0.2, 0.25) is 5.02 Å². The zero-order valence-corrected chi connectivity index (χ0v) is 10.5. The number of nitrogens with zero attached hydrogens (tertiary/aromatic N) is 2. The van der Waals surface area contributed by atoms with Crippen molar-refractivity contribution in [1.82, 2.24) is 15.2 Å². The van der Waals surface area contributed by atoms with E-state index in [0.29, 0.717) is 6.61 Å². The zero-order chi connectivity index (χ0) is 13.1. The van der Waals surface area contributed by atoms with Crippen LogP contribution in [0.3, 0.4) is 0 Å². The summed E-state index contributed by atoms with van der Waals surface area (Å²) in [6.07, 6.45) is 1.25. The van der Waals surface area contributed by atoms with E-state index in [2.05, 4.69) is 5.10 Å². The number of hydrazine groups is 1. The fourth-order valence-electron chi connectivity index (χ4n) is 1.34. The minimum atomic E-state index is -3.58. The van der Waals surface area contributed by atoms with Crippen molar-refractivity contribution in [2.45, 2.75) is 18.0 Å². The van der Waals surface area contributed by atoms with Crippen molar-refractivity contribution in [1.29, 1.82) is 0 Å². The lowest BCUT2D eigenvalue weighted by Crippen LogP contribution is -2.39. The zero-order valence-electron chi connectivity index (χ0n) is 8.96. The van der Waals surface area contributed by atoms with Crippen molar-refractivity contribution >= 4 is 23.2 Å². The lowest BCUT2D eigenvalue weighted by Gasteiger charge is -2.22. The smallest absolute Gasteiger partial charge is 0.343 e. The number of ether oxygens (including phenoxy) is 1. The van der Waals surface area contributed by atoms with Crippen LogP contribution in [-0.2, 0) is 11.3 Å². The summed E-state index contributed by atoms with van der Waals surface area (Å²) in [6, 6.07) is -1.63. The number of rotatable bonds is 6. The standard InChI is InChI=1S/C8H12Cl2F2N4O/c1-17-3-2-16-6(5(9)4-14-16)7(15-13)8(10,11)12/h4,7,15H,2-3,13H2,1H3. The van der Waals surface area contributed by atoms with E-state index in [9.17, 15) is 8.78 Å². The number of nitrogens with two attached hydrogens (primary N) is 1. The molecule has 0 aliphatic carbocycles. The van der Waals surface area contributed by atoms with Gasteiger partial charge < -0.3 is 4.74 Å². The van der Waals surface area contributed by atoms with Gasteiger partial charge in [0.15, 0.2) is 0 Å². The number of alkyl halides is 3. The van der Waals surface area contributed by atoms with Crippen LogP contribution in [0, 0.1) is 0 Å². The van der Waals surface area contributed by atoms with Crippen LogP contribution in [-0.4, -0.2) is 28.9 Å². The number of halogens is 4. The Labute approximate surface area is 107 Å². The van der Waals surface area contributed by atoms with Gasteiger partial charge in [0.1, 0.15) is 6.04 Å². The van der Waals surface area contributed by atoms with E-state index in [0.717, 1.165) is 0 Å². The molecule has 0 bridgehead atoms. The molecule has 1 unspecified atom stereocenters. The highest BCUT2D eigenvalue weighted by Gasteiger charge is 2.41. The molecule has 0 spiro atoms. The van der Waals surface area contributed by atoms with Crippen LogP contribution < -0.4 is 11.3 Å². The Morgan fingerprint density at radius 3 is 2.82 bits per heavy atom. The topological polar surface area (TPSA) is 65.1 Å². The predicted molar refractivity (Wildman–Crippen MR) is 60.0 cm³/mol. The van der Waals surface area contributed by atoms with Crippen molar-refractivity contribution < 1.29 is 13.5 Å². The highest BCUT2D eigenvalue weighted by Crippen LogP contribution is 2.37. The van der Waals surface area contributed by atoms with Crippen LogP contribution in [0.15, 0.2) is 6.20 Å². The lowest BCUT2D eigenvalue weighted by molar-refractivity contribution is 0.0454. The van der Waals surface area contributed by atoms with Crippen molar-refractivity contribution in [3.05, 3.63) is 16.9 Å². The second-order valence-corrected chi connectivity index (χ2v) is 4.15. The molecule has 17 heavy (non-hydrogen) atoms. The van der Waals surface area contributed by atoms with Crippen molar-refractivity contribution in [3.63, 3.8) is 0 Å². The van der Waals surface area contributed by atoms with Gasteiger partial charge in [-0.2, -0.15) is 13.9 Å². The molecule has 1 aromatic heterocycles. The molecule has 3 N–H and O–H groups in total. The van der Waals surface area contributed by atoms with Gasteiger partial charge in [0.2, 0.25) is 0 Å². The van der Waals surface area contributed by atoms with E-state index in [1.165, 1.54) is 18.0 Å². The highest BCUT2D eigenvalue weighted by atomic mass is 35.5. The summed E-state index contributed by atoms with van der Waals surface area (Å²) < 4.78 is 32.4. The SMILES string of the molecule is COCCn1ncc(Cl)c1C(NN)C(F)(F)Cl. The van der Waals surface area contributed by atoms with Gasteiger partial charge in [-0.3, -0.25) is 10.5 Å². The lowest BCUT2D eigenvalue weighted by atomic mass is 10.2. The van der Waals surface area contributed by atoms with Gasteiger partial charge >= 0.3 is 5.38 Å². The van der Waals surface area contributed by atoms with Gasteiger partial charge in [0.05, 0.1) is 30.1 Å². The molecule has 1 atom stereocenters. The molecular weight excluding hydrogens is 277 g/mol. The fourth-order valence-corrected chi connectivity index (χ4v) is 1.76. The maximum atomic E-state index is 13.1. The van der Waals surface area contributed by atoms with Gasteiger partial charge in [-0.05, 0) is 11.6 Å². The molecule has 9 heteroatoms. The first-order valence-corrected chi connectivity index (χ1v) is 5.40. The summed E-state index contributed by atoms with van der Waals surface area (Å²) in [4.78, 5) is 0. The summed E-state index contributed by atoms with van der Waals surface area (Å²) in [5.74, 6) is 5.07. The molecule has 1 heterocycles. The van der Waals surface area contributed by atoms with Crippen molar-refractivity contribution in [2.75, 3.05) is 13.7 Å². The first kappa shape index (κ1) is 14.6. The van der Waals surface area contributed by atoms with E-state index in [1.807, 2.05) is 5.43 Å². The number of hydrogen-bond acceptors (Lipinski definition) is 4. The van der Waals surface area contributed by atoms with Gasteiger partial charge in [0, 0.05) is 7.11 Å². The fraction of sp³-hybridized carbons (Fsp3) is 0.625. The number of nitrogens with one attached hydrogen (secondary N) is 1. The molecule has 0 saturated heterocycles. The van der Waals surface area contributed by atoms with Crippen molar-refractivity contribution in [3.8, 4) is 0 Å². The number of aromatic nitrogens is 2. The Hall–Kier alpha value is -0.470. The molecule has 0 aliphatic rings. The second kappa shape index (κ2) is 5.92. The van der Waals surface area contributed by atoms with Gasteiger partial charge in [-0.25, -0.2) is 5.43 Å². The minimum absolute atomic E-state index is 0.0196. The maximum Gasteiger partial charge on any atom is 0.343 e. The summed E-state index contributed by atoms with van der Waals surface area (Å²) >= 11 is 10.8. The van der Waals surface area contributed by atoms with Gasteiger partial charge in [-0.15, -0.1) is 0 Å². The summed E-state index contributed by atoms with van der Waals surface area (Å²) in [6.45, 7) is 0.569. The predicted octanol–water partition coefficient (Wildman–Crippen LogP) is 1.52. The number of methoxy groups -OCH3 is 1. The molecule has 1 aromatic rings. The monoisotopic (exact) mass is 288 g/mol. The van der Waals surface area contributed by atoms with E-state index < -0.39 is 11.4 Å². The molecule has 1 rings (SSSR count). The molecule has 0 amide bonds. The van der Waals surface area contributed by atoms with Crippen LogP contribution in [0.5, 0.6) is 0 Å². The van der Waals surface area contributed by atoms with E-state index in [1.54, 1.807) is 0 Å². The van der Waals surface area contributed by atoms with Gasteiger partial charge in [-0.1, -0.05) is 11.6 Å². The Morgan fingerprint density at radius 2 is 2.35 bits per heavy atom. The normalized spacial score (nSPS) is 14.0. The number of hydrogen-bond donors (Lipinski definition) is 2. The van der Waals surface area contributed by atoms with Crippen LogP contribution in [0.1, 0.15) is 11.7 Å². The Morgan fingerprint density at radius 1 is 1.71 bits per heavy atom. The summed E-state index contributed by atoms with van der Waals surface area (Å²) in [5, 5.41) is 0.332. The summed E-state index contributed by atoms with van der Waals surface area (Å²) in [5.41, 5.74) is 1.95. The van der Waals surface area contributed by atoms with Crippen molar-refractivity contribution in [2.24, 2.45) is 5.84 Å². The molecule has 0 fully saturated rings. The average Bonchev–Trinajstić information content (AvgIpc) is 2.57. The van der Waals surface area contributed by atoms with Crippen LogP contribution in [0.4, 0.5) is 8.78 Å². The molecule has 98 valence electrons. The first-order valence-electron chi connectivity index (χ1n) is 4.64. The second-order valence-electron chi connectivity index (χ2n) is 3.23. The summed E-state index contributed by atoms with van der Waals surface area (Å²) in [7, 11) is 1.49. The Bertz CT molecular complexity index is 369. The van der Waals surface area contributed by atoms with E-state index in [-0.39, 0.29) is 17.3 Å². The molecular formula is C8H12Cl2F2N4O. The van der Waals surface area contributed by atoms with E-state index in [4.69, 9.17) is 33.8 Å². The van der Waals surface area contributed by atoms with E-state index >= 15 is 0 Å². The molecule has 0 aromatic carbocycles.